The maximum Gasteiger partial charge on any atom is 0.196 e. The SMILES string of the molecule is CC(=O)c1c(C)[nH]c(C(=O)[C@H](C)N2CCC[C@H]2c2ccsc2)c1C. The molecule has 0 spiro atoms. The van der Waals surface area contributed by atoms with Gasteiger partial charge in [-0.3, -0.25) is 14.5 Å². The van der Waals surface area contributed by atoms with E-state index in [1.807, 2.05) is 20.8 Å². The summed E-state index contributed by atoms with van der Waals surface area (Å²) in [5.41, 5.74) is 4.11. The summed E-state index contributed by atoms with van der Waals surface area (Å²) in [4.78, 5) is 30.3. The second-order valence-corrected chi connectivity index (χ2v) is 7.45. The number of likely N-dealkylation sites (tertiary alicyclic amines) is 1. The number of thiophene rings is 1. The van der Waals surface area contributed by atoms with Crippen molar-refractivity contribution in [2.45, 2.75) is 52.6 Å². The smallest absolute Gasteiger partial charge is 0.196 e. The number of ketones is 2. The van der Waals surface area contributed by atoms with Crippen molar-refractivity contribution < 1.29 is 9.59 Å². The standard InChI is InChI=1S/C19H24N2O2S/c1-11-17(14(4)22)12(2)20-18(11)19(23)13(3)21-8-5-6-16(21)15-7-9-24-10-15/h7,9-10,13,16,20H,5-6,8H2,1-4H3/t13-,16-/m0/s1. The van der Waals surface area contributed by atoms with Crippen LogP contribution in [-0.4, -0.2) is 34.0 Å². The molecule has 3 rings (SSSR count). The van der Waals surface area contributed by atoms with Crippen LogP contribution in [0.5, 0.6) is 0 Å². The molecule has 0 aromatic carbocycles. The highest BCUT2D eigenvalue weighted by Crippen LogP contribution is 2.35. The van der Waals surface area contributed by atoms with Gasteiger partial charge in [0.25, 0.3) is 0 Å². The Morgan fingerprint density at radius 1 is 1.38 bits per heavy atom. The van der Waals surface area contributed by atoms with Gasteiger partial charge in [-0.25, -0.2) is 0 Å². The predicted octanol–water partition coefficient (Wildman–Crippen LogP) is 4.30. The Balaban J connectivity index is 1.87. The number of Topliss-reactive ketones (excluding diaryl/α,β-unsaturated/α-hetero) is 2. The molecular formula is C19H24N2O2S. The molecule has 3 heterocycles. The molecule has 2 atom stereocenters. The molecule has 1 saturated heterocycles. The molecule has 0 unspecified atom stereocenters. The topological polar surface area (TPSA) is 53.2 Å². The third kappa shape index (κ3) is 2.87. The van der Waals surface area contributed by atoms with Gasteiger partial charge in [0.15, 0.2) is 11.6 Å². The summed E-state index contributed by atoms with van der Waals surface area (Å²) in [5.74, 6) is 0.0792. The lowest BCUT2D eigenvalue weighted by atomic mass is 10.0. The van der Waals surface area contributed by atoms with Gasteiger partial charge in [-0.15, -0.1) is 0 Å². The first kappa shape index (κ1) is 17.1. The van der Waals surface area contributed by atoms with E-state index in [2.05, 4.69) is 26.7 Å². The van der Waals surface area contributed by atoms with Gasteiger partial charge in [-0.2, -0.15) is 11.3 Å². The molecule has 1 aliphatic heterocycles. The van der Waals surface area contributed by atoms with E-state index in [1.54, 1.807) is 18.3 Å². The molecule has 2 aromatic heterocycles. The van der Waals surface area contributed by atoms with Gasteiger partial charge in [0.1, 0.15) is 0 Å². The number of nitrogens with zero attached hydrogens (tertiary/aromatic N) is 1. The molecule has 4 nitrogen and oxygen atoms in total. The van der Waals surface area contributed by atoms with Gasteiger partial charge in [0.2, 0.25) is 0 Å². The lowest BCUT2D eigenvalue weighted by Crippen LogP contribution is -2.38. The summed E-state index contributed by atoms with van der Waals surface area (Å²) in [6.45, 7) is 8.19. The van der Waals surface area contributed by atoms with E-state index in [-0.39, 0.29) is 17.6 Å². The zero-order valence-electron chi connectivity index (χ0n) is 14.7. The number of H-pyrrole nitrogens is 1. The van der Waals surface area contributed by atoms with Crippen LogP contribution in [0.15, 0.2) is 16.8 Å². The summed E-state index contributed by atoms with van der Waals surface area (Å²) in [7, 11) is 0. The van der Waals surface area contributed by atoms with Crippen molar-refractivity contribution >= 4 is 22.9 Å². The molecule has 0 amide bonds. The average Bonchev–Trinajstić information content (AvgIpc) is 3.24. The van der Waals surface area contributed by atoms with Crippen molar-refractivity contribution in [2.24, 2.45) is 0 Å². The lowest BCUT2D eigenvalue weighted by Gasteiger charge is -2.29. The number of nitrogens with one attached hydrogen (secondary N) is 1. The molecule has 0 aliphatic carbocycles. The van der Waals surface area contributed by atoms with Gasteiger partial charge in [-0.1, -0.05) is 0 Å². The van der Waals surface area contributed by atoms with Crippen LogP contribution in [0.1, 0.15) is 70.4 Å². The summed E-state index contributed by atoms with van der Waals surface area (Å²) < 4.78 is 0. The quantitative estimate of drug-likeness (QED) is 0.823. The van der Waals surface area contributed by atoms with E-state index in [1.165, 1.54) is 5.56 Å². The Labute approximate surface area is 146 Å². The maximum atomic E-state index is 13.1. The minimum absolute atomic E-state index is 0.00488. The summed E-state index contributed by atoms with van der Waals surface area (Å²) in [6, 6.07) is 2.27. The Hall–Kier alpha value is -1.72. The van der Waals surface area contributed by atoms with E-state index < -0.39 is 0 Å². The largest absolute Gasteiger partial charge is 0.355 e. The van der Waals surface area contributed by atoms with Gasteiger partial charge >= 0.3 is 0 Å². The number of rotatable bonds is 5. The normalized spacial score (nSPS) is 19.6. The van der Waals surface area contributed by atoms with Crippen molar-refractivity contribution in [1.29, 1.82) is 0 Å². The van der Waals surface area contributed by atoms with E-state index >= 15 is 0 Å². The molecule has 1 fully saturated rings. The Morgan fingerprint density at radius 2 is 2.12 bits per heavy atom. The third-order valence-electron chi connectivity index (χ3n) is 5.14. The zero-order valence-corrected chi connectivity index (χ0v) is 15.5. The molecule has 128 valence electrons. The van der Waals surface area contributed by atoms with Crippen LogP contribution in [0, 0.1) is 13.8 Å². The first-order valence-corrected chi connectivity index (χ1v) is 9.38. The van der Waals surface area contributed by atoms with E-state index in [4.69, 9.17) is 0 Å². The fraction of sp³-hybridized carbons (Fsp3) is 0.474. The highest BCUT2D eigenvalue weighted by Gasteiger charge is 2.35. The molecule has 24 heavy (non-hydrogen) atoms. The molecule has 1 aliphatic rings. The Morgan fingerprint density at radius 3 is 2.71 bits per heavy atom. The fourth-order valence-electron chi connectivity index (χ4n) is 3.96. The Bertz CT molecular complexity index is 761. The second kappa shape index (κ2) is 6.65. The molecule has 1 N–H and O–H groups in total. The number of aryl methyl sites for hydroxylation is 1. The highest BCUT2D eigenvalue weighted by atomic mass is 32.1. The van der Waals surface area contributed by atoms with Crippen LogP contribution < -0.4 is 0 Å². The molecular weight excluding hydrogens is 320 g/mol. The van der Waals surface area contributed by atoms with Crippen LogP contribution in [-0.2, 0) is 0 Å². The first-order valence-electron chi connectivity index (χ1n) is 8.44. The van der Waals surface area contributed by atoms with Crippen molar-refractivity contribution in [1.82, 2.24) is 9.88 Å². The van der Waals surface area contributed by atoms with Crippen LogP contribution >= 0.6 is 11.3 Å². The van der Waals surface area contributed by atoms with Gasteiger partial charge < -0.3 is 4.98 Å². The highest BCUT2D eigenvalue weighted by molar-refractivity contribution is 7.07. The first-order chi connectivity index (χ1) is 11.4. The molecule has 5 heteroatoms. The minimum atomic E-state index is -0.200. The van der Waals surface area contributed by atoms with Crippen LogP contribution in [0.3, 0.4) is 0 Å². The van der Waals surface area contributed by atoms with Gasteiger partial charge in [0.05, 0.1) is 11.7 Å². The summed E-state index contributed by atoms with van der Waals surface area (Å²) in [5, 5.41) is 4.27. The predicted molar refractivity (Wildman–Crippen MR) is 97.1 cm³/mol. The zero-order chi connectivity index (χ0) is 17.4. The van der Waals surface area contributed by atoms with E-state index in [0.717, 1.165) is 30.6 Å². The summed E-state index contributed by atoms with van der Waals surface area (Å²) >= 11 is 1.70. The molecule has 0 bridgehead atoms. The molecule has 2 aromatic rings. The fourth-order valence-corrected chi connectivity index (χ4v) is 4.67. The van der Waals surface area contributed by atoms with Crippen LogP contribution in [0.4, 0.5) is 0 Å². The number of hydrogen-bond acceptors (Lipinski definition) is 4. The van der Waals surface area contributed by atoms with Crippen LogP contribution in [0.2, 0.25) is 0 Å². The van der Waals surface area contributed by atoms with Crippen LogP contribution in [0.25, 0.3) is 0 Å². The number of hydrogen-bond donors (Lipinski definition) is 1. The number of carbonyl (C=O) groups excluding carboxylic acids is 2. The van der Waals surface area contributed by atoms with E-state index in [0.29, 0.717) is 17.3 Å². The van der Waals surface area contributed by atoms with Crippen molar-refractivity contribution in [3.63, 3.8) is 0 Å². The second-order valence-electron chi connectivity index (χ2n) is 6.67. The summed E-state index contributed by atoms with van der Waals surface area (Å²) in [6.07, 6.45) is 2.20. The molecule has 0 radical (unpaired) electrons. The van der Waals surface area contributed by atoms with Crippen molar-refractivity contribution in [3.8, 4) is 0 Å². The van der Waals surface area contributed by atoms with Gasteiger partial charge in [-0.05, 0) is 75.0 Å². The maximum absolute atomic E-state index is 13.1. The van der Waals surface area contributed by atoms with E-state index in [9.17, 15) is 9.59 Å². The monoisotopic (exact) mass is 344 g/mol. The lowest BCUT2D eigenvalue weighted by molar-refractivity contribution is 0.0815. The van der Waals surface area contributed by atoms with Crippen molar-refractivity contribution in [2.75, 3.05) is 6.54 Å². The minimum Gasteiger partial charge on any atom is -0.355 e. The van der Waals surface area contributed by atoms with Gasteiger partial charge in [0, 0.05) is 17.3 Å². The van der Waals surface area contributed by atoms with Crippen molar-refractivity contribution in [3.05, 3.63) is 44.9 Å². The number of aromatic amines is 1. The number of carbonyl (C=O) groups is 2. The molecule has 0 saturated carbocycles. The number of aromatic nitrogens is 1. The average molecular weight is 344 g/mol. The third-order valence-corrected chi connectivity index (χ3v) is 5.84. The Kier molecular flexibility index (Phi) is 4.74.